The van der Waals surface area contributed by atoms with E-state index in [0.717, 1.165) is 62.3 Å². The zero-order valence-electron chi connectivity index (χ0n) is 14.9. The Bertz CT molecular complexity index is 730. The molecular weight excluding hydrogens is 312 g/mol. The fourth-order valence-corrected chi connectivity index (χ4v) is 3.24. The molecule has 134 valence electrons. The average molecular weight is 340 g/mol. The average Bonchev–Trinajstić information content (AvgIpc) is 2.61. The lowest BCUT2D eigenvalue weighted by atomic mass is 10.1. The van der Waals surface area contributed by atoms with Gasteiger partial charge in [0.2, 0.25) is 0 Å². The molecule has 6 heteroatoms. The van der Waals surface area contributed by atoms with E-state index < -0.39 is 0 Å². The van der Waals surface area contributed by atoms with Crippen molar-refractivity contribution in [2.45, 2.75) is 45.1 Å². The molecule has 1 aromatic carbocycles. The lowest BCUT2D eigenvalue weighted by Crippen LogP contribution is -2.43. The molecule has 1 atom stereocenters. The quantitative estimate of drug-likeness (QED) is 0.722. The number of anilines is 3. The van der Waals surface area contributed by atoms with Crippen LogP contribution in [0.15, 0.2) is 24.3 Å². The van der Waals surface area contributed by atoms with Crippen LogP contribution in [0.3, 0.4) is 0 Å². The number of nitrogens with zero attached hydrogens (tertiary/aromatic N) is 3. The van der Waals surface area contributed by atoms with Crippen molar-refractivity contribution in [3.63, 3.8) is 0 Å². The zero-order chi connectivity index (χ0) is 17.8. The van der Waals surface area contributed by atoms with Crippen molar-refractivity contribution in [1.29, 1.82) is 0 Å². The first-order valence-electron chi connectivity index (χ1n) is 9.10. The highest BCUT2D eigenvalue weighted by molar-refractivity contribution is 5.75. The molecule has 2 heterocycles. The molecule has 2 aromatic rings. The first-order chi connectivity index (χ1) is 12.1. The Hall–Kier alpha value is -2.34. The molecule has 1 fully saturated rings. The molecule has 25 heavy (non-hydrogen) atoms. The number of piperidine rings is 1. The molecule has 1 aromatic heterocycles. The number of aryl methyl sites for hydroxylation is 1. The molecule has 1 saturated heterocycles. The monoisotopic (exact) mass is 340 g/mol. The van der Waals surface area contributed by atoms with Gasteiger partial charge in [-0.05, 0) is 43.9 Å². The summed E-state index contributed by atoms with van der Waals surface area (Å²) in [5.41, 5.74) is 21.4. The second-order valence-corrected chi connectivity index (χ2v) is 6.84. The fraction of sp³-hybridized carbons (Fsp3) is 0.474. The Balaban J connectivity index is 2.01. The molecule has 1 aliphatic heterocycles. The number of hydrogen-bond donors (Lipinski definition) is 3. The van der Waals surface area contributed by atoms with Gasteiger partial charge in [-0.25, -0.2) is 9.97 Å². The van der Waals surface area contributed by atoms with Gasteiger partial charge >= 0.3 is 0 Å². The first kappa shape index (κ1) is 17.5. The summed E-state index contributed by atoms with van der Waals surface area (Å²) in [6.07, 6.45) is 5.32. The molecule has 0 spiro atoms. The van der Waals surface area contributed by atoms with Gasteiger partial charge < -0.3 is 22.1 Å². The molecule has 1 aliphatic rings. The van der Waals surface area contributed by atoms with Gasteiger partial charge in [0.25, 0.3) is 0 Å². The molecule has 6 N–H and O–H groups in total. The van der Waals surface area contributed by atoms with E-state index in [-0.39, 0.29) is 6.04 Å². The number of rotatable bonds is 5. The minimum Gasteiger partial charge on any atom is -0.399 e. The SMILES string of the molecule is CCCCc1cc(N2CCCC(N)C2)nc(-c2cc(N)ccc2N)n1. The molecule has 0 amide bonds. The number of nitrogen functional groups attached to an aromatic ring is 2. The van der Waals surface area contributed by atoms with E-state index in [1.165, 1.54) is 0 Å². The molecule has 6 nitrogen and oxygen atoms in total. The molecule has 0 radical (unpaired) electrons. The van der Waals surface area contributed by atoms with Crippen molar-refractivity contribution in [1.82, 2.24) is 9.97 Å². The van der Waals surface area contributed by atoms with E-state index >= 15 is 0 Å². The van der Waals surface area contributed by atoms with Crippen LogP contribution in [-0.4, -0.2) is 29.1 Å². The minimum absolute atomic E-state index is 0.198. The molecular formula is C19H28N6. The summed E-state index contributed by atoms with van der Waals surface area (Å²) in [7, 11) is 0. The van der Waals surface area contributed by atoms with Gasteiger partial charge in [0.15, 0.2) is 5.82 Å². The van der Waals surface area contributed by atoms with E-state index in [9.17, 15) is 0 Å². The van der Waals surface area contributed by atoms with Crippen molar-refractivity contribution in [2.75, 3.05) is 29.5 Å². The van der Waals surface area contributed by atoms with Gasteiger partial charge in [0.1, 0.15) is 5.82 Å². The van der Waals surface area contributed by atoms with Crippen molar-refractivity contribution in [3.05, 3.63) is 30.0 Å². The summed E-state index contributed by atoms with van der Waals surface area (Å²) >= 11 is 0. The van der Waals surface area contributed by atoms with Gasteiger partial charge in [0.05, 0.1) is 0 Å². The number of aromatic nitrogens is 2. The van der Waals surface area contributed by atoms with E-state index in [1.54, 1.807) is 6.07 Å². The van der Waals surface area contributed by atoms with E-state index in [2.05, 4.69) is 17.9 Å². The van der Waals surface area contributed by atoms with Gasteiger partial charge in [-0.1, -0.05) is 13.3 Å². The van der Waals surface area contributed by atoms with Gasteiger partial charge in [0, 0.05) is 47.8 Å². The normalized spacial score (nSPS) is 17.7. The van der Waals surface area contributed by atoms with Crippen molar-refractivity contribution >= 4 is 17.2 Å². The van der Waals surface area contributed by atoms with Crippen LogP contribution in [0.5, 0.6) is 0 Å². The third-order valence-corrected chi connectivity index (χ3v) is 4.65. The van der Waals surface area contributed by atoms with Crippen LogP contribution in [0, 0.1) is 0 Å². The van der Waals surface area contributed by atoms with Gasteiger partial charge in [-0.15, -0.1) is 0 Å². The van der Waals surface area contributed by atoms with E-state index in [4.69, 9.17) is 27.2 Å². The number of unbranched alkanes of at least 4 members (excludes halogenated alkanes) is 1. The Morgan fingerprint density at radius 3 is 2.80 bits per heavy atom. The Morgan fingerprint density at radius 2 is 2.04 bits per heavy atom. The lowest BCUT2D eigenvalue weighted by molar-refractivity contribution is 0.503. The van der Waals surface area contributed by atoms with Crippen LogP contribution in [0.2, 0.25) is 0 Å². The maximum absolute atomic E-state index is 6.15. The smallest absolute Gasteiger partial charge is 0.163 e. The summed E-state index contributed by atoms with van der Waals surface area (Å²) in [5, 5.41) is 0. The van der Waals surface area contributed by atoms with E-state index in [1.807, 2.05) is 12.1 Å². The van der Waals surface area contributed by atoms with Crippen LogP contribution in [-0.2, 0) is 6.42 Å². The second-order valence-electron chi connectivity index (χ2n) is 6.84. The Labute approximate surface area is 149 Å². The summed E-state index contributed by atoms with van der Waals surface area (Å²) < 4.78 is 0. The largest absolute Gasteiger partial charge is 0.399 e. The topological polar surface area (TPSA) is 107 Å². The standard InChI is InChI=1S/C19H28N6/c1-2-3-6-15-11-18(25-9-4-5-14(21)12-25)24-19(23-15)16-10-13(20)7-8-17(16)22/h7-8,10-11,14H,2-6,9,12,20-22H2,1H3. The summed E-state index contributed by atoms with van der Waals surface area (Å²) in [5.74, 6) is 1.58. The summed E-state index contributed by atoms with van der Waals surface area (Å²) in [4.78, 5) is 11.8. The molecule has 0 bridgehead atoms. The number of hydrogen-bond acceptors (Lipinski definition) is 6. The summed E-state index contributed by atoms with van der Waals surface area (Å²) in [6.45, 7) is 3.99. The van der Waals surface area contributed by atoms with Crippen molar-refractivity contribution in [3.8, 4) is 11.4 Å². The maximum Gasteiger partial charge on any atom is 0.163 e. The fourth-order valence-electron chi connectivity index (χ4n) is 3.24. The maximum atomic E-state index is 6.15. The minimum atomic E-state index is 0.198. The zero-order valence-corrected chi connectivity index (χ0v) is 14.9. The molecule has 3 rings (SSSR count). The van der Waals surface area contributed by atoms with Gasteiger partial charge in [-0.2, -0.15) is 0 Å². The third kappa shape index (κ3) is 4.20. The highest BCUT2D eigenvalue weighted by Crippen LogP contribution is 2.28. The van der Waals surface area contributed by atoms with Crippen molar-refractivity contribution < 1.29 is 0 Å². The number of nitrogens with two attached hydrogens (primary N) is 3. The Kier molecular flexibility index (Phi) is 5.38. The highest BCUT2D eigenvalue weighted by Gasteiger charge is 2.20. The van der Waals surface area contributed by atoms with E-state index in [0.29, 0.717) is 17.2 Å². The summed E-state index contributed by atoms with van der Waals surface area (Å²) in [6, 6.07) is 7.75. The van der Waals surface area contributed by atoms with Crippen LogP contribution in [0.25, 0.3) is 11.4 Å². The molecule has 0 aliphatic carbocycles. The molecule has 0 saturated carbocycles. The van der Waals surface area contributed by atoms with Gasteiger partial charge in [-0.3, -0.25) is 0 Å². The van der Waals surface area contributed by atoms with Crippen LogP contribution in [0.1, 0.15) is 38.3 Å². The Morgan fingerprint density at radius 1 is 1.20 bits per heavy atom. The highest BCUT2D eigenvalue weighted by atomic mass is 15.2. The van der Waals surface area contributed by atoms with Crippen LogP contribution in [0.4, 0.5) is 17.2 Å². The lowest BCUT2D eigenvalue weighted by Gasteiger charge is -2.32. The first-order valence-corrected chi connectivity index (χ1v) is 9.10. The second kappa shape index (κ2) is 7.70. The van der Waals surface area contributed by atoms with Crippen LogP contribution >= 0.6 is 0 Å². The van der Waals surface area contributed by atoms with Crippen LogP contribution < -0.4 is 22.1 Å². The number of benzene rings is 1. The molecule has 1 unspecified atom stereocenters. The predicted molar refractivity (Wildman–Crippen MR) is 104 cm³/mol. The predicted octanol–water partition coefficient (Wildman–Crippen LogP) is 2.58. The third-order valence-electron chi connectivity index (χ3n) is 4.65. The van der Waals surface area contributed by atoms with Crippen molar-refractivity contribution in [2.24, 2.45) is 5.73 Å².